The molecule has 2 aromatic carbocycles. The molecule has 3 nitrogen and oxygen atoms in total. The lowest BCUT2D eigenvalue weighted by atomic mass is 10.1. The van der Waals surface area contributed by atoms with E-state index in [-0.39, 0.29) is 0 Å². The second kappa shape index (κ2) is 8.02. The van der Waals surface area contributed by atoms with Crippen molar-refractivity contribution in [3.8, 4) is 0 Å². The molecule has 0 aliphatic carbocycles. The van der Waals surface area contributed by atoms with Crippen LogP contribution in [-0.4, -0.2) is 36.3 Å². The molecular weight excluding hydrogens is 373 g/mol. The summed E-state index contributed by atoms with van der Waals surface area (Å²) >= 11 is 0. The summed E-state index contributed by atoms with van der Waals surface area (Å²) in [6.45, 7) is 1.57. The molecule has 27 heavy (non-hydrogen) atoms. The molecule has 1 unspecified atom stereocenters. The standard InChI is InChI=1S/C20H23F3N2OS/c1-24(2)12-6-3-7-13-25-16-8-4-5-9-18(16)27(26)19-11-10-15(14-17(19)25)20(21,22)23/h4-5,8-11,14H,3,6-7,12-13H2,1-2H3. The van der Waals surface area contributed by atoms with E-state index in [1.54, 1.807) is 12.1 Å². The summed E-state index contributed by atoms with van der Waals surface area (Å²) in [7, 11) is 2.56. The number of fused-ring (bicyclic) bond motifs is 2. The average Bonchev–Trinajstić information content (AvgIpc) is 2.62. The van der Waals surface area contributed by atoms with E-state index in [9.17, 15) is 17.4 Å². The summed E-state index contributed by atoms with van der Waals surface area (Å²) < 4.78 is 52.5. The normalized spacial score (nSPS) is 16.4. The lowest BCUT2D eigenvalue weighted by Gasteiger charge is -2.33. The Labute approximate surface area is 160 Å². The maximum atomic E-state index is 13.2. The number of nitrogens with zero attached hydrogens (tertiary/aromatic N) is 2. The van der Waals surface area contributed by atoms with Crippen LogP contribution in [0.3, 0.4) is 0 Å². The van der Waals surface area contributed by atoms with Gasteiger partial charge in [0.2, 0.25) is 0 Å². The second-order valence-corrected chi connectivity index (χ2v) is 8.35. The van der Waals surface area contributed by atoms with Gasteiger partial charge in [-0.25, -0.2) is 4.21 Å². The Kier molecular flexibility index (Phi) is 5.91. The first-order valence-electron chi connectivity index (χ1n) is 8.93. The molecule has 1 aliphatic heterocycles. The van der Waals surface area contributed by atoms with Gasteiger partial charge in [-0.1, -0.05) is 18.6 Å². The molecular formula is C20H23F3N2OS. The smallest absolute Gasteiger partial charge is 0.339 e. The molecule has 0 bridgehead atoms. The largest absolute Gasteiger partial charge is 0.416 e. The monoisotopic (exact) mass is 396 g/mol. The molecule has 0 amide bonds. The lowest BCUT2D eigenvalue weighted by Crippen LogP contribution is -2.26. The Morgan fingerprint density at radius 3 is 2.37 bits per heavy atom. The third kappa shape index (κ3) is 4.35. The highest BCUT2D eigenvalue weighted by molar-refractivity contribution is 7.85. The van der Waals surface area contributed by atoms with Crippen molar-refractivity contribution in [1.29, 1.82) is 0 Å². The van der Waals surface area contributed by atoms with Crippen LogP contribution >= 0.6 is 0 Å². The van der Waals surface area contributed by atoms with Crippen molar-refractivity contribution in [3.63, 3.8) is 0 Å². The lowest BCUT2D eigenvalue weighted by molar-refractivity contribution is -0.137. The van der Waals surface area contributed by atoms with Gasteiger partial charge in [0, 0.05) is 6.54 Å². The number of hydrogen-bond acceptors (Lipinski definition) is 3. The zero-order valence-corrected chi connectivity index (χ0v) is 16.2. The van der Waals surface area contributed by atoms with Crippen LogP contribution in [-0.2, 0) is 17.0 Å². The molecule has 0 N–H and O–H groups in total. The van der Waals surface area contributed by atoms with Gasteiger partial charge >= 0.3 is 6.18 Å². The summed E-state index contributed by atoms with van der Waals surface area (Å²) in [5, 5.41) is 0. The fourth-order valence-corrected chi connectivity index (χ4v) is 4.62. The molecule has 0 saturated heterocycles. The van der Waals surface area contributed by atoms with Crippen molar-refractivity contribution in [2.75, 3.05) is 32.1 Å². The van der Waals surface area contributed by atoms with E-state index in [1.165, 1.54) is 6.07 Å². The molecule has 1 heterocycles. The highest BCUT2D eigenvalue weighted by Crippen LogP contribution is 2.44. The Balaban J connectivity index is 1.92. The minimum absolute atomic E-state index is 0.398. The van der Waals surface area contributed by atoms with E-state index in [2.05, 4.69) is 4.90 Å². The molecule has 0 saturated carbocycles. The van der Waals surface area contributed by atoms with Crippen molar-refractivity contribution in [2.24, 2.45) is 0 Å². The number of unbranched alkanes of at least 4 members (excludes halogenated alkanes) is 2. The summed E-state index contributed by atoms with van der Waals surface area (Å²) in [4.78, 5) is 5.09. The van der Waals surface area contributed by atoms with Gasteiger partial charge in [0.05, 0.1) is 37.5 Å². The van der Waals surface area contributed by atoms with Crippen molar-refractivity contribution < 1.29 is 17.4 Å². The van der Waals surface area contributed by atoms with Crippen molar-refractivity contribution in [1.82, 2.24) is 4.90 Å². The van der Waals surface area contributed by atoms with E-state index in [0.29, 0.717) is 22.0 Å². The van der Waals surface area contributed by atoms with Crippen molar-refractivity contribution >= 4 is 22.2 Å². The highest BCUT2D eigenvalue weighted by Gasteiger charge is 2.34. The number of para-hydroxylation sites is 1. The van der Waals surface area contributed by atoms with Gasteiger partial charge in [0.1, 0.15) is 0 Å². The van der Waals surface area contributed by atoms with Gasteiger partial charge in [-0.3, -0.25) is 0 Å². The summed E-state index contributed by atoms with van der Waals surface area (Å²) in [5.41, 5.74) is 0.417. The maximum Gasteiger partial charge on any atom is 0.416 e. The molecule has 7 heteroatoms. The summed E-state index contributed by atoms with van der Waals surface area (Å²) in [6, 6.07) is 10.7. The molecule has 146 valence electrons. The number of rotatable bonds is 6. The predicted molar refractivity (Wildman–Crippen MR) is 102 cm³/mol. The molecule has 0 aromatic heterocycles. The number of benzene rings is 2. The zero-order valence-electron chi connectivity index (χ0n) is 15.4. The zero-order chi connectivity index (χ0) is 19.6. The van der Waals surface area contributed by atoms with Gasteiger partial charge in [-0.05, 0) is 63.8 Å². The average molecular weight is 396 g/mol. The second-order valence-electron chi connectivity index (χ2n) is 6.93. The van der Waals surface area contributed by atoms with E-state index in [4.69, 9.17) is 0 Å². The van der Waals surface area contributed by atoms with Gasteiger partial charge in [0.25, 0.3) is 0 Å². The minimum atomic E-state index is -4.43. The number of hydrogen-bond donors (Lipinski definition) is 0. The summed E-state index contributed by atoms with van der Waals surface area (Å²) in [6.07, 6.45) is -1.56. The molecule has 1 aliphatic rings. The van der Waals surface area contributed by atoms with Crippen LogP contribution in [0.15, 0.2) is 52.3 Å². The van der Waals surface area contributed by atoms with Crippen LogP contribution in [0, 0.1) is 0 Å². The molecule has 0 spiro atoms. The van der Waals surface area contributed by atoms with Crippen LogP contribution in [0.4, 0.5) is 24.5 Å². The Bertz CT molecular complexity index is 836. The third-order valence-electron chi connectivity index (χ3n) is 4.62. The van der Waals surface area contributed by atoms with Gasteiger partial charge in [0.15, 0.2) is 0 Å². The Morgan fingerprint density at radius 2 is 1.67 bits per heavy atom. The summed E-state index contributed by atoms with van der Waals surface area (Å²) in [5.74, 6) is 0. The minimum Gasteiger partial charge on any atom is -0.339 e. The molecule has 1 atom stereocenters. The van der Waals surface area contributed by atoms with Gasteiger partial charge < -0.3 is 9.80 Å². The molecule has 2 aromatic rings. The number of anilines is 2. The molecule has 0 fully saturated rings. The fourth-order valence-electron chi connectivity index (χ4n) is 3.26. The van der Waals surface area contributed by atoms with Gasteiger partial charge in [-0.15, -0.1) is 0 Å². The third-order valence-corrected chi connectivity index (χ3v) is 6.11. The van der Waals surface area contributed by atoms with Crippen molar-refractivity contribution in [2.45, 2.75) is 35.2 Å². The number of alkyl halides is 3. The van der Waals surface area contributed by atoms with Crippen LogP contribution in [0.5, 0.6) is 0 Å². The fraction of sp³-hybridized carbons (Fsp3) is 0.400. The van der Waals surface area contributed by atoms with Gasteiger partial charge in [-0.2, -0.15) is 13.2 Å². The quantitative estimate of drug-likeness (QED) is 0.638. The Hall–Kier alpha value is -1.86. The number of halogens is 3. The first-order valence-corrected chi connectivity index (χ1v) is 10.1. The van der Waals surface area contributed by atoms with Crippen LogP contribution in [0.1, 0.15) is 24.8 Å². The van der Waals surface area contributed by atoms with Crippen molar-refractivity contribution in [3.05, 3.63) is 48.0 Å². The topological polar surface area (TPSA) is 23.6 Å². The highest BCUT2D eigenvalue weighted by atomic mass is 32.2. The first-order chi connectivity index (χ1) is 12.8. The SMILES string of the molecule is CN(C)CCCCCN1c2ccccc2S(=O)c2ccc(C(F)(F)F)cc21. The maximum absolute atomic E-state index is 13.2. The van der Waals surface area contributed by atoms with Crippen LogP contribution in [0.2, 0.25) is 0 Å². The van der Waals surface area contributed by atoms with Crippen LogP contribution in [0.25, 0.3) is 0 Å². The van der Waals surface area contributed by atoms with E-state index < -0.39 is 22.5 Å². The molecule has 0 radical (unpaired) electrons. The van der Waals surface area contributed by atoms with E-state index >= 15 is 0 Å². The van der Waals surface area contributed by atoms with E-state index in [0.717, 1.165) is 43.6 Å². The van der Waals surface area contributed by atoms with E-state index in [1.807, 2.05) is 31.1 Å². The Morgan fingerprint density at radius 1 is 0.963 bits per heavy atom. The first kappa shape index (κ1) is 19.9. The molecule has 3 rings (SSSR count). The van der Waals surface area contributed by atoms with Crippen LogP contribution < -0.4 is 4.90 Å². The predicted octanol–water partition coefficient (Wildman–Crippen LogP) is 5.06.